The van der Waals surface area contributed by atoms with E-state index in [1.165, 1.54) is 6.07 Å². The summed E-state index contributed by atoms with van der Waals surface area (Å²) in [6.45, 7) is 2.88. The van der Waals surface area contributed by atoms with Crippen LogP contribution in [0.1, 0.15) is 11.1 Å². The minimum absolute atomic E-state index is 0.103. The summed E-state index contributed by atoms with van der Waals surface area (Å²) in [7, 11) is 0. The van der Waals surface area contributed by atoms with Crippen LogP contribution in [0, 0.1) is 17.0 Å². The van der Waals surface area contributed by atoms with Crippen LogP contribution in [0.4, 0.5) is 5.69 Å². The summed E-state index contributed by atoms with van der Waals surface area (Å²) >= 11 is 0. The first kappa shape index (κ1) is 9.64. The van der Waals surface area contributed by atoms with Gasteiger partial charge in [-0.15, -0.1) is 0 Å². The quantitative estimate of drug-likeness (QED) is 0.546. The molecule has 0 radical (unpaired) electrons. The Kier molecular flexibility index (Phi) is 2.37. The maximum absolute atomic E-state index is 10.7. The van der Waals surface area contributed by atoms with E-state index in [1.807, 2.05) is 0 Å². The molecule has 1 aliphatic heterocycles. The van der Waals surface area contributed by atoms with Gasteiger partial charge in [-0.25, -0.2) is 4.99 Å². The van der Waals surface area contributed by atoms with E-state index in [1.54, 1.807) is 19.1 Å². The number of nitrogens with zero attached hydrogens (tertiary/aromatic N) is 2. The molecule has 5 heteroatoms. The van der Waals surface area contributed by atoms with Crippen LogP contribution >= 0.6 is 0 Å². The Labute approximate surface area is 86.5 Å². The summed E-state index contributed by atoms with van der Waals surface area (Å²) in [5.41, 5.74) is 1.41. The second-order valence-corrected chi connectivity index (χ2v) is 3.24. The largest absolute Gasteiger partial charge is 0.475 e. The van der Waals surface area contributed by atoms with Crippen molar-refractivity contribution in [1.82, 2.24) is 0 Å². The molecule has 0 aromatic heterocycles. The van der Waals surface area contributed by atoms with Crippen LogP contribution < -0.4 is 0 Å². The van der Waals surface area contributed by atoms with Crippen LogP contribution in [-0.2, 0) is 4.74 Å². The number of ether oxygens (including phenoxy) is 1. The molecule has 15 heavy (non-hydrogen) atoms. The molecule has 1 aliphatic rings. The van der Waals surface area contributed by atoms with Gasteiger partial charge in [0.25, 0.3) is 5.69 Å². The van der Waals surface area contributed by atoms with Crippen LogP contribution in [0.2, 0.25) is 0 Å². The Morgan fingerprint density at radius 3 is 2.93 bits per heavy atom. The van der Waals surface area contributed by atoms with E-state index in [9.17, 15) is 10.1 Å². The smallest absolute Gasteiger partial charge is 0.273 e. The van der Waals surface area contributed by atoms with Gasteiger partial charge >= 0.3 is 0 Å². The molecule has 2 rings (SSSR count). The maximum Gasteiger partial charge on any atom is 0.273 e. The van der Waals surface area contributed by atoms with Crippen molar-refractivity contribution in [2.45, 2.75) is 6.92 Å². The fourth-order valence-electron chi connectivity index (χ4n) is 1.55. The van der Waals surface area contributed by atoms with Gasteiger partial charge in [-0.1, -0.05) is 6.07 Å². The van der Waals surface area contributed by atoms with Crippen molar-refractivity contribution in [3.05, 3.63) is 39.4 Å². The number of hydrogen-bond acceptors (Lipinski definition) is 4. The first-order valence-corrected chi connectivity index (χ1v) is 4.62. The highest BCUT2D eigenvalue weighted by Gasteiger charge is 2.19. The van der Waals surface area contributed by atoms with Gasteiger partial charge in [0.2, 0.25) is 5.90 Å². The van der Waals surface area contributed by atoms with Gasteiger partial charge in [-0.05, 0) is 13.0 Å². The standard InChI is InChI=1S/C10H10N2O3/c1-7-8(10-11-5-6-15-10)3-2-4-9(7)12(13)14/h2-4H,5-6H2,1H3. The summed E-state index contributed by atoms with van der Waals surface area (Å²) in [5, 5.41) is 10.7. The van der Waals surface area contributed by atoms with Crippen LogP contribution in [0.5, 0.6) is 0 Å². The number of rotatable bonds is 2. The van der Waals surface area contributed by atoms with Crippen LogP contribution in [-0.4, -0.2) is 24.0 Å². The van der Waals surface area contributed by atoms with Gasteiger partial charge in [0.15, 0.2) is 0 Å². The van der Waals surface area contributed by atoms with Crippen molar-refractivity contribution < 1.29 is 9.66 Å². The summed E-state index contributed by atoms with van der Waals surface area (Å²) in [6, 6.07) is 4.91. The van der Waals surface area contributed by atoms with Gasteiger partial charge < -0.3 is 4.74 Å². The van der Waals surface area contributed by atoms with Gasteiger partial charge in [0, 0.05) is 17.2 Å². The molecule has 0 unspecified atom stereocenters. The zero-order valence-corrected chi connectivity index (χ0v) is 8.27. The zero-order chi connectivity index (χ0) is 10.8. The fourth-order valence-corrected chi connectivity index (χ4v) is 1.55. The highest BCUT2D eigenvalue weighted by atomic mass is 16.6. The van der Waals surface area contributed by atoms with E-state index in [0.717, 1.165) is 0 Å². The molecule has 1 aromatic rings. The molecule has 0 amide bonds. The lowest BCUT2D eigenvalue weighted by Gasteiger charge is -2.05. The second-order valence-electron chi connectivity index (χ2n) is 3.24. The minimum atomic E-state index is -0.394. The van der Waals surface area contributed by atoms with Crippen molar-refractivity contribution >= 4 is 11.6 Å². The Bertz CT molecular complexity index is 440. The molecule has 5 nitrogen and oxygen atoms in total. The lowest BCUT2D eigenvalue weighted by molar-refractivity contribution is -0.385. The van der Waals surface area contributed by atoms with Gasteiger partial charge in [0.05, 0.1) is 11.5 Å². The molecule has 0 aliphatic carbocycles. The predicted molar refractivity (Wildman–Crippen MR) is 55.2 cm³/mol. The van der Waals surface area contributed by atoms with Crippen LogP contribution in [0.15, 0.2) is 23.2 Å². The summed E-state index contributed by atoms with van der Waals surface area (Å²) in [6.07, 6.45) is 0. The third-order valence-electron chi connectivity index (χ3n) is 2.32. The average molecular weight is 206 g/mol. The van der Waals surface area contributed by atoms with Gasteiger partial charge in [-0.2, -0.15) is 0 Å². The molecule has 0 N–H and O–H groups in total. The molecular formula is C10H10N2O3. The van der Waals surface area contributed by atoms with E-state index >= 15 is 0 Å². The SMILES string of the molecule is Cc1c(C2=NCCO2)cccc1[N+](=O)[O-]. The fraction of sp³-hybridized carbons (Fsp3) is 0.300. The van der Waals surface area contributed by atoms with E-state index in [0.29, 0.717) is 30.2 Å². The molecule has 78 valence electrons. The molecular weight excluding hydrogens is 196 g/mol. The van der Waals surface area contributed by atoms with Crippen LogP contribution in [0.25, 0.3) is 0 Å². The predicted octanol–water partition coefficient (Wildman–Crippen LogP) is 1.68. The normalized spacial score (nSPS) is 14.6. The van der Waals surface area contributed by atoms with Gasteiger partial charge in [-0.3, -0.25) is 10.1 Å². The number of benzene rings is 1. The third-order valence-corrected chi connectivity index (χ3v) is 2.32. The average Bonchev–Trinajstić information content (AvgIpc) is 2.70. The molecule has 0 fully saturated rings. The van der Waals surface area contributed by atoms with E-state index in [4.69, 9.17) is 4.74 Å². The molecule has 0 saturated carbocycles. The van der Waals surface area contributed by atoms with Crippen molar-refractivity contribution in [3.8, 4) is 0 Å². The monoisotopic (exact) mass is 206 g/mol. The highest BCUT2D eigenvalue weighted by molar-refractivity contribution is 5.97. The first-order valence-electron chi connectivity index (χ1n) is 4.62. The van der Waals surface area contributed by atoms with Crippen molar-refractivity contribution in [2.75, 3.05) is 13.2 Å². The van der Waals surface area contributed by atoms with Crippen molar-refractivity contribution in [1.29, 1.82) is 0 Å². The summed E-state index contributed by atoms with van der Waals surface area (Å²) < 4.78 is 5.28. The Morgan fingerprint density at radius 2 is 2.33 bits per heavy atom. The first-order chi connectivity index (χ1) is 7.20. The van der Waals surface area contributed by atoms with E-state index < -0.39 is 4.92 Å². The lowest BCUT2D eigenvalue weighted by atomic mass is 10.1. The Hall–Kier alpha value is -1.91. The van der Waals surface area contributed by atoms with Crippen molar-refractivity contribution in [2.24, 2.45) is 4.99 Å². The zero-order valence-electron chi connectivity index (χ0n) is 8.27. The topological polar surface area (TPSA) is 64.7 Å². The molecule has 0 atom stereocenters. The minimum Gasteiger partial charge on any atom is -0.475 e. The van der Waals surface area contributed by atoms with Gasteiger partial charge in [0.1, 0.15) is 6.61 Å². The Morgan fingerprint density at radius 1 is 1.53 bits per heavy atom. The number of nitro benzene ring substituents is 1. The van der Waals surface area contributed by atoms with Crippen LogP contribution in [0.3, 0.4) is 0 Å². The van der Waals surface area contributed by atoms with Crippen molar-refractivity contribution in [3.63, 3.8) is 0 Å². The Balaban J connectivity index is 2.48. The second kappa shape index (κ2) is 3.68. The molecule has 0 spiro atoms. The molecule has 0 saturated heterocycles. The lowest BCUT2D eigenvalue weighted by Crippen LogP contribution is -2.05. The number of hydrogen-bond donors (Lipinski definition) is 0. The summed E-state index contributed by atoms with van der Waals surface area (Å²) in [4.78, 5) is 14.5. The third kappa shape index (κ3) is 1.68. The molecule has 1 aromatic carbocycles. The molecule has 0 bridgehead atoms. The highest BCUT2D eigenvalue weighted by Crippen LogP contribution is 2.22. The number of nitro groups is 1. The van der Waals surface area contributed by atoms with E-state index in [-0.39, 0.29) is 5.69 Å². The number of aliphatic imine (C=N–C) groups is 1. The molecule has 1 heterocycles. The van der Waals surface area contributed by atoms with E-state index in [2.05, 4.69) is 4.99 Å². The maximum atomic E-state index is 10.7. The summed E-state index contributed by atoms with van der Waals surface area (Å²) in [5.74, 6) is 0.510.